The third-order valence-electron chi connectivity index (χ3n) is 4.51. The van der Waals surface area contributed by atoms with E-state index in [1.807, 2.05) is 0 Å². The number of nitrogens with one attached hydrogen (secondary N) is 1. The molecular formula is C17H25ClN2O. The zero-order valence-electron chi connectivity index (χ0n) is 12.8. The van der Waals surface area contributed by atoms with E-state index in [4.69, 9.17) is 16.3 Å². The van der Waals surface area contributed by atoms with Crippen molar-refractivity contribution in [3.63, 3.8) is 0 Å². The van der Waals surface area contributed by atoms with Crippen LogP contribution in [0.3, 0.4) is 0 Å². The molecule has 2 aliphatic rings. The fourth-order valence-corrected chi connectivity index (χ4v) is 3.12. The molecular weight excluding hydrogens is 284 g/mol. The molecule has 1 heterocycles. The Morgan fingerprint density at radius 2 is 2.00 bits per heavy atom. The predicted octanol–water partition coefficient (Wildman–Crippen LogP) is 3.45. The lowest BCUT2D eigenvalue weighted by Gasteiger charge is -2.28. The van der Waals surface area contributed by atoms with E-state index in [0.29, 0.717) is 0 Å². The van der Waals surface area contributed by atoms with Crippen LogP contribution in [-0.2, 0) is 11.3 Å². The van der Waals surface area contributed by atoms with Gasteiger partial charge in [-0.1, -0.05) is 17.7 Å². The van der Waals surface area contributed by atoms with Crippen molar-refractivity contribution < 1.29 is 4.74 Å². The molecule has 0 radical (unpaired) electrons. The van der Waals surface area contributed by atoms with Crippen molar-refractivity contribution in [3.05, 3.63) is 28.8 Å². The summed E-state index contributed by atoms with van der Waals surface area (Å²) in [5.41, 5.74) is 2.41. The highest BCUT2D eigenvalue weighted by Crippen LogP contribution is 2.26. The van der Waals surface area contributed by atoms with Crippen LogP contribution in [0.1, 0.15) is 31.2 Å². The molecule has 0 aromatic heterocycles. The topological polar surface area (TPSA) is 24.5 Å². The van der Waals surface area contributed by atoms with Crippen molar-refractivity contribution >= 4 is 17.3 Å². The number of hydrogen-bond acceptors (Lipinski definition) is 3. The maximum Gasteiger partial charge on any atom is 0.0471 e. The number of halogens is 1. The second-order valence-corrected chi connectivity index (χ2v) is 6.77. The Labute approximate surface area is 132 Å². The molecule has 3 rings (SSSR count). The fraction of sp³-hybridized carbons (Fsp3) is 0.647. The number of nitrogens with zero attached hydrogens (tertiary/aromatic N) is 1. The standard InChI is InChI=1S/C17H25ClN2O/c1-20(12-13-6-8-21-9-7-13)16-5-2-14(17(18)10-16)11-19-15-3-4-15/h2,5,10,13,15,19H,3-4,6-9,11-12H2,1H3. The molecule has 0 amide bonds. The predicted molar refractivity (Wildman–Crippen MR) is 88.1 cm³/mol. The van der Waals surface area contributed by atoms with Gasteiger partial charge in [-0.2, -0.15) is 0 Å². The summed E-state index contributed by atoms with van der Waals surface area (Å²) in [6, 6.07) is 7.17. The molecule has 1 aliphatic heterocycles. The van der Waals surface area contributed by atoms with Crippen molar-refractivity contribution in [2.45, 2.75) is 38.3 Å². The van der Waals surface area contributed by atoms with Crippen LogP contribution in [-0.4, -0.2) is 32.8 Å². The molecule has 116 valence electrons. The van der Waals surface area contributed by atoms with Crippen LogP contribution in [0.4, 0.5) is 5.69 Å². The minimum Gasteiger partial charge on any atom is -0.381 e. The number of ether oxygens (including phenoxy) is 1. The van der Waals surface area contributed by atoms with Gasteiger partial charge >= 0.3 is 0 Å². The maximum atomic E-state index is 6.43. The first-order chi connectivity index (χ1) is 10.2. The van der Waals surface area contributed by atoms with E-state index in [0.717, 1.165) is 43.3 Å². The van der Waals surface area contributed by atoms with E-state index in [-0.39, 0.29) is 0 Å². The van der Waals surface area contributed by atoms with E-state index in [1.54, 1.807) is 0 Å². The number of hydrogen-bond donors (Lipinski definition) is 1. The van der Waals surface area contributed by atoms with Crippen molar-refractivity contribution in [2.24, 2.45) is 5.92 Å². The minimum absolute atomic E-state index is 0.719. The second kappa shape index (κ2) is 6.99. The fourth-order valence-electron chi connectivity index (χ4n) is 2.88. The first-order valence-corrected chi connectivity index (χ1v) is 8.41. The maximum absolute atomic E-state index is 6.43. The molecule has 3 nitrogen and oxygen atoms in total. The van der Waals surface area contributed by atoms with E-state index in [2.05, 4.69) is 35.5 Å². The summed E-state index contributed by atoms with van der Waals surface area (Å²) in [7, 11) is 2.16. The molecule has 0 bridgehead atoms. The van der Waals surface area contributed by atoms with Crippen LogP contribution in [0.5, 0.6) is 0 Å². The molecule has 1 aromatic rings. The molecule has 0 atom stereocenters. The van der Waals surface area contributed by atoms with Crippen molar-refractivity contribution in [2.75, 3.05) is 31.7 Å². The summed E-state index contributed by atoms with van der Waals surface area (Å²) >= 11 is 6.43. The van der Waals surface area contributed by atoms with Crippen LogP contribution in [0.25, 0.3) is 0 Å². The van der Waals surface area contributed by atoms with Crippen molar-refractivity contribution in [1.82, 2.24) is 5.32 Å². The average molecular weight is 309 g/mol. The zero-order chi connectivity index (χ0) is 14.7. The highest BCUT2D eigenvalue weighted by Gasteiger charge is 2.20. The van der Waals surface area contributed by atoms with Gasteiger partial charge in [0, 0.05) is 50.1 Å². The minimum atomic E-state index is 0.719. The lowest BCUT2D eigenvalue weighted by atomic mass is 9.99. The van der Waals surface area contributed by atoms with Crippen LogP contribution in [0, 0.1) is 5.92 Å². The van der Waals surface area contributed by atoms with Gasteiger partial charge in [-0.05, 0) is 49.3 Å². The highest BCUT2D eigenvalue weighted by atomic mass is 35.5. The number of anilines is 1. The van der Waals surface area contributed by atoms with E-state index >= 15 is 0 Å². The lowest BCUT2D eigenvalue weighted by molar-refractivity contribution is 0.0685. The third-order valence-corrected chi connectivity index (χ3v) is 4.86. The molecule has 2 fully saturated rings. The summed E-state index contributed by atoms with van der Waals surface area (Å²) in [4.78, 5) is 2.32. The van der Waals surface area contributed by atoms with E-state index in [9.17, 15) is 0 Å². The first kappa shape index (κ1) is 15.1. The highest BCUT2D eigenvalue weighted by molar-refractivity contribution is 6.31. The van der Waals surface area contributed by atoms with Gasteiger partial charge in [-0.25, -0.2) is 0 Å². The zero-order valence-corrected chi connectivity index (χ0v) is 13.5. The quantitative estimate of drug-likeness (QED) is 0.871. The molecule has 0 unspecified atom stereocenters. The van der Waals surface area contributed by atoms with E-state index in [1.165, 1.54) is 36.9 Å². The largest absolute Gasteiger partial charge is 0.381 e. The molecule has 1 aliphatic carbocycles. The van der Waals surface area contributed by atoms with Crippen molar-refractivity contribution in [3.8, 4) is 0 Å². The number of benzene rings is 1. The smallest absolute Gasteiger partial charge is 0.0471 e. The van der Waals surface area contributed by atoms with Crippen LogP contribution < -0.4 is 10.2 Å². The Balaban J connectivity index is 1.57. The third kappa shape index (κ3) is 4.35. The summed E-state index contributed by atoms with van der Waals surface area (Å²) < 4.78 is 5.43. The Morgan fingerprint density at radius 1 is 1.24 bits per heavy atom. The van der Waals surface area contributed by atoms with Gasteiger partial charge in [-0.15, -0.1) is 0 Å². The molecule has 0 spiro atoms. The summed E-state index contributed by atoms with van der Waals surface area (Å²) in [5.74, 6) is 0.735. The van der Waals surface area contributed by atoms with Gasteiger partial charge in [0.25, 0.3) is 0 Å². The molecule has 21 heavy (non-hydrogen) atoms. The van der Waals surface area contributed by atoms with Crippen LogP contribution in [0.15, 0.2) is 18.2 Å². The molecule has 4 heteroatoms. The normalized spacial score (nSPS) is 19.7. The SMILES string of the molecule is CN(CC1CCOCC1)c1ccc(CNC2CC2)c(Cl)c1. The Kier molecular flexibility index (Phi) is 5.04. The van der Waals surface area contributed by atoms with Gasteiger partial charge in [0.05, 0.1) is 0 Å². The van der Waals surface area contributed by atoms with Gasteiger partial charge in [0.2, 0.25) is 0 Å². The van der Waals surface area contributed by atoms with Crippen molar-refractivity contribution in [1.29, 1.82) is 0 Å². The molecule has 1 N–H and O–H groups in total. The summed E-state index contributed by atoms with van der Waals surface area (Å²) in [5, 5.41) is 4.39. The van der Waals surface area contributed by atoms with Gasteiger partial charge in [0.1, 0.15) is 0 Å². The number of rotatable bonds is 6. The van der Waals surface area contributed by atoms with Gasteiger partial charge in [-0.3, -0.25) is 0 Å². The molecule has 1 aromatic carbocycles. The Morgan fingerprint density at radius 3 is 2.67 bits per heavy atom. The van der Waals surface area contributed by atoms with Crippen LogP contribution >= 0.6 is 11.6 Å². The van der Waals surface area contributed by atoms with E-state index < -0.39 is 0 Å². The first-order valence-electron chi connectivity index (χ1n) is 8.03. The van der Waals surface area contributed by atoms with Crippen LogP contribution in [0.2, 0.25) is 5.02 Å². The molecule has 1 saturated heterocycles. The second-order valence-electron chi connectivity index (χ2n) is 6.37. The molecule has 1 saturated carbocycles. The lowest BCUT2D eigenvalue weighted by Crippen LogP contribution is -2.29. The Bertz CT molecular complexity index is 470. The average Bonchev–Trinajstić information content (AvgIpc) is 3.31. The summed E-state index contributed by atoms with van der Waals surface area (Å²) in [6.07, 6.45) is 4.95. The summed E-state index contributed by atoms with van der Waals surface area (Å²) in [6.45, 7) is 3.78. The monoisotopic (exact) mass is 308 g/mol. The van der Waals surface area contributed by atoms with Gasteiger partial charge < -0.3 is 15.0 Å². The van der Waals surface area contributed by atoms with Gasteiger partial charge in [0.15, 0.2) is 0 Å². The Hall–Kier alpha value is -0.770.